The van der Waals surface area contributed by atoms with Gasteiger partial charge in [-0.15, -0.1) is 0 Å². The van der Waals surface area contributed by atoms with E-state index in [4.69, 9.17) is 5.26 Å². The quantitative estimate of drug-likeness (QED) is 0.833. The van der Waals surface area contributed by atoms with E-state index in [9.17, 15) is 4.79 Å². The van der Waals surface area contributed by atoms with E-state index in [1.54, 1.807) is 0 Å². The number of hydrogen-bond donors (Lipinski definition) is 0. The van der Waals surface area contributed by atoms with Crippen LogP contribution in [0.3, 0.4) is 0 Å². The number of nitrogens with zero attached hydrogens (tertiary/aromatic N) is 2. The van der Waals surface area contributed by atoms with Gasteiger partial charge < -0.3 is 4.57 Å². The van der Waals surface area contributed by atoms with Gasteiger partial charge in [0.1, 0.15) is 0 Å². The van der Waals surface area contributed by atoms with Gasteiger partial charge in [0.25, 0.3) is 0 Å². The van der Waals surface area contributed by atoms with E-state index >= 15 is 0 Å². The molecule has 2 aliphatic rings. The van der Waals surface area contributed by atoms with Crippen molar-refractivity contribution in [2.24, 2.45) is 11.3 Å². The summed E-state index contributed by atoms with van der Waals surface area (Å²) in [6.07, 6.45) is 8.71. The van der Waals surface area contributed by atoms with Gasteiger partial charge in [-0.1, -0.05) is 31.1 Å². The highest BCUT2D eigenvalue weighted by molar-refractivity contribution is 7.09. The molecule has 1 aromatic heterocycles. The fraction of sp³-hybridized carbons (Fsp3) is 0.750. The number of thiazole rings is 1. The van der Waals surface area contributed by atoms with Crippen LogP contribution >= 0.6 is 11.3 Å². The van der Waals surface area contributed by atoms with Gasteiger partial charge >= 0.3 is 4.87 Å². The number of nitriles is 1. The molecule has 1 heterocycles. The zero-order valence-corrected chi connectivity index (χ0v) is 13.0. The first kappa shape index (κ1) is 13.9. The minimum absolute atomic E-state index is 0.119. The van der Waals surface area contributed by atoms with Crippen LogP contribution in [0.5, 0.6) is 0 Å². The smallest absolute Gasteiger partial charge is 0.302 e. The topological polar surface area (TPSA) is 45.8 Å². The predicted octanol–water partition coefficient (Wildman–Crippen LogP) is 3.51. The third-order valence-corrected chi connectivity index (χ3v) is 5.99. The van der Waals surface area contributed by atoms with E-state index in [1.807, 2.05) is 4.57 Å². The fourth-order valence-corrected chi connectivity index (χ4v) is 4.65. The summed E-state index contributed by atoms with van der Waals surface area (Å²) in [6.45, 7) is 3.02. The average Bonchev–Trinajstić information content (AvgIpc) is 3.10. The molecule has 0 aromatic carbocycles. The van der Waals surface area contributed by atoms with E-state index in [-0.39, 0.29) is 10.3 Å². The summed E-state index contributed by atoms with van der Waals surface area (Å²) in [5.74, 6) is 0.771. The molecule has 20 heavy (non-hydrogen) atoms. The Labute approximate surface area is 124 Å². The molecule has 0 saturated heterocycles. The SMILES string of the molecule is CCCC1CCc2c(sc(=O)n2CC2(CC#N)CC2)C1. The molecule has 0 aliphatic heterocycles. The van der Waals surface area contributed by atoms with Crippen molar-refractivity contribution < 1.29 is 0 Å². The minimum atomic E-state index is 0.119. The summed E-state index contributed by atoms with van der Waals surface area (Å²) in [5, 5.41) is 8.94. The molecule has 2 aliphatic carbocycles. The van der Waals surface area contributed by atoms with Crippen LogP contribution in [0.1, 0.15) is 56.0 Å². The lowest BCUT2D eigenvalue weighted by Crippen LogP contribution is -2.24. The van der Waals surface area contributed by atoms with Crippen molar-refractivity contribution in [3.63, 3.8) is 0 Å². The number of fused-ring (bicyclic) bond motifs is 1. The van der Waals surface area contributed by atoms with E-state index in [0.29, 0.717) is 6.42 Å². The molecule has 0 bridgehead atoms. The maximum absolute atomic E-state index is 12.3. The Morgan fingerprint density at radius 3 is 2.95 bits per heavy atom. The highest BCUT2D eigenvalue weighted by Gasteiger charge is 2.43. The summed E-state index contributed by atoms with van der Waals surface area (Å²) in [6, 6.07) is 2.29. The first-order chi connectivity index (χ1) is 9.67. The van der Waals surface area contributed by atoms with Crippen molar-refractivity contribution in [1.29, 1.82) is 5.26 Å². The minimum Gasteiger partial charge on any atom is -0.302 e. The van der Waals surface area contributed by atoms with Crippen LogP contribution in [0, 0.1) is 22.7 Å². The van der Waals surface area contributed by atoms with Crippen molar-refractivity contribution in [3.05, 3.63) is 20.2 Å². The van der Waals surface area contributed by atoms with Crippen LogP contribution in [0.15, 0.2) is 4.79 Å². The standard InChI is InChI=1S/C16H22N2OS/c1-2-3-12-4-5-13-14(10-12)20-15(19)18(13)11-16(6-7-16)8-9-17/h12H,2-8,10-11H2,1H3. The zero-order chi connectivity index (χ0) is 14.2. The van der Waals surface area contributed by atoms with Crippen molar-refractivity contribution in [3.8, 4) is 6.07 Å². The second kappa shape index (κ2) is 5.37. The molecule has 0 radical (unpaired) electrons. The van der Waals surface area contributed by atoms with E-state index < -0.39 is 0 Å². The predicted molar refractivity (Wildman–Crippen MR) is 80.9 cm³/mol. The van der Waals surface area contributed by atoms with E-state index in [0.717, 1.165) is 38.1 Å². The highest BCUT2D eigenvalue weighted by atomic mass is 32.1. The Bertz CT molecular complexity index is 589. The molecule has 108 valence electrons. The van der Waals surface area contributed by atoms with Crippen LogP contribution in [-0.4, -0.2) is 4.57 Å². The van der Waals surface area contributed by atoms with Crippen LogP contribution in [-0.2, 0) is 19.4 Å². The zero-order valence-electron chi connectivity index (χ0n) is 12.2. The monoisotopic (exact) mass is 290 g/mol. The largest absolute Gasteiger partial charge is 0.307 e. The molecule has 1 unspecified atom stereocenters. The van der Waals surface area contributed by atoms with Crippen molar-refractivity contribution >= 4 is 11.3 Å². The molecule has 3 nitrogen and oxygen atoms in total. The lowest BCUT2D eigenvalue weighted by molar-refractivity contribution is 0.386. The van der Waals surface area contributed by atoms with Crippen LogP contribution in [0.25, 0.3) is 0 Å². The van der Waals surface area contributed by atoms with Gasteiger partial charge in [-0.3, -0.25) is 4.79 Å². The van der Waals surface area contributed by atoms with Crippen LogP contribution in [0.2, 0.25) is 0 Å². The summed E-state index contributed by atoms with van der Waals surface area (Å²) in [5.41, 5.74) is 1.41. The first-order valence-corrected chi connectivity index (χ1v) is 8.57. The van der Waals surface area contributed by atoms with E-state index in [1.165, 1.54) is 41.2 Å². The second-order valence-corrected chi connectivity index (χ2v) is 7.60. The van der Waals surface area contributed by atoms with Gasteiger partial charge in [-0.05, 0) is 38.0 Å². The van der Waals surface area contributed by atoms with Crippen LogP contribution < -0.4 is 4.87 Å². The molecule has 4 heteroatoms. The molecule has 0 amide bonds. The van der Waals surface area contributed by atoms with Gasteiger partial charge in [-0.25, -0.2) is 0 Å². The van der Waals surface area contributed by atoms with Crippen molar-refractivity contribution in [2.45, 2.75) is 64.8 Å². The summed E-state index contributed by atoms with van der Waals surface area (Å²) < 4.78 is 2.01. The lowest BCUT2D eigenvalue weighted by Gasteiger charge is -2.23. The van der Waals surface area contributed by atoms with Gasteiger partial charge in [0.15, 0.2) is 0 Å². The van der Waals surface area contributed by atoms with Gasteiger partial charge in [0.05, 0.1) is 6.07 Å². The Morgan fingerprint density at radius 2 is 2.30 bits per heavy atom. The van der Waals surface area contributed by atoms with Crippen LogP contribution in [0.4, 0.5) is 0 Å². The third kappa shape index (κ3) is 2.56. The molecule has 1 saturated carbocycles. The summed E-state index contributed by atoms with van der Waals surface area (Å²) in [4.78, 5) is 13.8. The maximum atomic E-state index is 12.3. The van der Waals surface area contributed by atoms with Crippen molar-refractivity contribution in [2.75, 3.05) is 0 Å². The van der Waals surface area contributed by atoms with Gasteiger partial charge in [0, 0.05) is 29.0 Å². The number of aromatic nitrogens is 1. The lowest BCUT2D eigenvalue weighted by atomic mass is 9.87. The Balaban J connectivity index is 1.81. The first-order valence-electron chi connectivity index (χ1n) is 7.76. The molecule has 0 N–H and O–H groups in total. The van der Waals surface area contributed by atoms with E-state index in [2.05, 4.69) is 13.0 Å². The fourth-order valence-electron chi connectivity index (χ4n) is 3.50. The Kier molecular flexibility index (Phi) is 3.72. The average molecular weight is 290 g/mol. The number of hydrogen-bond acceptors (Lipinski definition) is 3. The summed E-state index contributed by atoms with van der Waals surface area (Å²) >= 11 is 1.46. The Hall–Kier alpha value is -1.08. The van der Waals surface area contributed by atoms with Crippen molar-refractivity contribution in [1.82, 2.24) is 4.57 Å². The molecule has 1 atom stereocenters. The highest BCUT2D eigenvalue weighted by Crippen LogP contribution is 2.50. The molecule has 0 spiro atoms. The molecular formula is C16H22N2OS. The second-order valence-electron chi connectivity index (χ2n) is 6.56. The maximum Gasteiger partial charge on any atom is 0.307 e. The third-order valence-electron chi connectivity index (χ3n) is 4.94. The molecule has 1 aromatic rings. The molecule has 1 fully saturated rings. The van der Waals surface area contributed by atoms with Gasteiger partial charge in [0.2, 0.25) is 0 Å². The number of rotatable bonds is 5. The van der Waals surface area contributed by atoms with Gasteiger partial charge in [-0.2, -0.15) is 5.26 Å². The Morgan fingerprint density at radius 1 is 1.50 bits per heavy atom. The summed E-state index contributed by atoms with van der Waals surface area (Å²) in [7, 11) is 0. The normalized spacial score (nSPS) is 23.1. The molecular weight excluding hydrogens is 268 g/mol. The molecule has 3 rings (SSSR count).